The normalized spacial score (nSPS) is 16.6. The molecule has 1 N–H and O–H groups in total. The number of halogens is 1. The Morgan fingerprint density at radius 2 is 2.32 bits per heavy atom. The lowest BCUT2D eigenvalue weighted by molar-refractivity contribution is -0.136. The van der Waals surface area contributed by atoms with Crippen LogP contribution in [0.4, 0.5) is 5.95 Å². The summed E-state index contributed by atoms with van der Waals surface area (Å²) < 4.78 is 12.9. The van der Waals surface area contributed by atoms with Crippen LogP contribution in [0.3, 0.4) is 0 Å². The van der Waals surface area contributed by atoms with E-state index in [0.717, 1.165) is 18.6 Å². The molecule has 3 rings (SSSR count). The average molecular weight is 427 g/mol. The molecule has 0 aromatic carbocycles. The van der Waals surface area contributed by atoms with Crippen molar-refractivity contribution in [2.75, 3.05) is 18.2 Å². The number of hydrogen-bond donors (Lipinski definition) is 1. The Labute approximate surface area is 158 Å². The van der Waals surface area contributed by atoms with Gasteiger partial charge in [0.2, 0.25) is 11.1 Å². The highest BCUT2D eigenvalue weighted by Gasteiger charge is 2.36. The number of ether oxygens (including phenoxy) is 1. The number of nitrogens with zero attached hydrogens (tertiary/aromatic N) is 3. The molecule has 0 fully saturated rings. The van der Waals surface area contributed by atoms with Crippen LogP contribution in [0.15, 0.2) is 37.6 Å². The lowest BCUT2D eigenvalue weighted by Crippen LogP contribution is -2.29. The van der Waals surface area contributed by atoms with Crippen molar-refractivity contribution in [3.8, 4) is 0 Å². The third-order valence-corrected chi connectivity index (χ3v) is 5.18. The van der Waals surface area contributed by atoms with E-state index in [-0.39, 0.29) is 0 Å². The van der Waals surface area contributed by atoms with Gasteiger partial charge in [0.25, 0.3) is 0 Å². The highest BCUT2D eigenvalue weighted by atomic mass is 79.9. The molecule has 0 amide bonds. The average Bonchev–Trinajstić information content (AvgIpc) is 3.19. The second-order valence-electron chi connectivity index (χ2n) is 5.56. The fourth-order valence-electron chi connectivity index (χ4n) is 2.61. The maximum Gasteiger partial charge on any atom is 0.338 e. The number of allylic oxidation sites excluding steroid dienone is 1. The Morgan fingerprint density at radius 3 is 2.96 bits per heavy atom. The molecule has 1 aliphatic rings. The van der Waals surface area contributed by atoms with Crippen LogP contribution < -0.4 is 5.32 Å². The highest BCUT2D eigenvalue weighted by molar-refractivity contribution is 9.10. The Bertz CT molecular complexity index is 814. The quantitative estimate of drug-likeness (QED) is 0.424. The molecule has 2 aromatic heterocycles. The molecule has 1 unspecified atom stereocenters. The first-order valence-corrected chi connectivity index (χ1v) is 9.73. The zero-order valence-electron chi connectivity index (χ0n) is 14.2. The van der Waals surface area contributed by atoms with Gasteiger partial charge in [-0.05, 0) is 41.4 Å². The SMILES string of the molecule is CCCCSc1nc2n(n1)C(c1ccc(Br)o1)C(C(=O)OC)=C(C)N2. The predicted octanol–water partition coefficient (Wildman–Crippen LogP) is 3.99. The van der Waals surface area contributed by atoms with E-state index in [1.807, 2.05) is 13.0 Å². The smallest absolute Gasteiger partial charge is 0.338 e. The first kappa shape index (κ1) is 18.1. The van der Waals surface area contributed by atoms with E-state index in [1.54, 1.807) is 22.5 Å². The summed E-state index contributed by atoms with van der Waals surface area (Å²) in [5.41, 5.74) is 1.13. The summed E-state index contributed by atoms with van der Waals surface area (Å²) in [6, 6.07) is 3.07. The molecule has 134 valence electrons. The lowest BCUT2D eigenvalue weighted by Gasteiger charge is -2.25. The zero-order valence-corrected chi connectivity index (χ0v) is 16.6. The molecule has 9 heteroatoms. The number of aromatic nitrogens is 3. The molecule has 2 aromatic rings. The van der Waals surface area contributed by atoms with Crippen LogP contribution in [-0.4, -0.2) is 33.6 Å². The molecule has 0 radical (unpaired) electrons. The van der Waals surface area contributed by atoms with Crippen molar-refractivity contribution >= 4 is 39.6 Å². The van der Waals surface area contributed by atoms with Crippen molar-refractivity contribution < 1.29 is 13.9 Å². The van der Waals surface area contributed by atoms with Gasteiger partial charge in [0.05, 0.1) is 12.7 Å². The summed E-state index contributed by atoms with van der Waals surface area (Å²) in [6.07, 6.45) is 2.22. The number of nitrogens with one attached hydrogen (secondary N) is 1. The van der Waals surface area contributed by atoms with E-state index < -0.39 is 12.0 Å². The summed E-state index contributed by atoms with van der Waals surface area (Å²) >= 11 is 4.91. The molecule has 0 saturated carbocycles. The standard InChI is InChI=1S/C16H19BrN4O3S/c1-4-5-8-25-16-19-15-18-9(2)12(14(22)23-3)13(21(15)20-16)10-6-7-11(17)24-10/h6-7,13H,4-5,8H2,1-3H3,(H,18,19,20). The Hall–Kier alpha value is -1.74. The second kappa shape index (κ2) is 7.65. The van der Waals surface area contributed by atoms with Gasteiger partial charge in [-0.25, -0.2) is 9.48 Å². The number of carbonyl (C=O) groups excluding carboxylic acids is 1. The number of anilines is 1. The van der Waals surface area contributed by atoms with E-state index in [1.165, 1.54) is 7.11 Å². The van der Waals surface area contributed by atoms with Gasteiger partial charge >= 0.3 is 5.97 Å². The van der Waals surface area contributed by atoms with Crippen molar-refractivity contribution in [2.45, 2.75) is 37.9 Å². The predicted molar refractivity (Wildman–Crippen MR) is 98.5 cm³/mol. The van der Waals surface area contributed by atoms with Gasteiger partial charge in [0, 0.05) is 11.4 Å². The monoisotopic (exact) mass is 426 g/mol. The van der Waals surface area contributed by atoms with Gasteiger partial charge in [0.1, 0.15) is 11.8 Å². The van der Waals surface area contributed by atoms with Gasteiger partial charge < -0.3 is 14.5 Å². The minimum Gasteiger partial charge on any atom is -0.466 e. The van der Waals surface area contributed by atoms with Crippen LogP contribution in [0.2, 0.25) is 0 Å². The van der Waals surface area contributed by atoms with Crippen molar-refractivity contribution in [1.29, 1.82) is 0 Å². The fourth-order valence-corrected chi connectivity index (χ4v) is 3.84. The molecule has 25 heavy (non-hydrogen) atoms. The van der Waals surface area contributed by atoms with Gasteiger partial charge in [-0.15, -0.1) is 5.10 Å². The van der Waals surface area contributed by atoms with Crippen LogP contribution >= 0.6 is 27.7 Å². The maximum atomic E-state index is 12.4. The summed E-state index contributed by atoms with van der Waals surface area (Å²) in [4.78, 5) is 16.9. The second-order valence-corrected chi connectivity index (χ2v) is 7.41. The molecule has 3 heterocycles. The van der Waals surface area contributed by atoms with E-state index in [4.69, 9.17) is 9.15 Å². The first-order chi connectivity index (χ1) is 12.0. The molecule has 0 spiro atoms. The number of carbonyl (C=O) groups is 1. The first-order valence-electron chi connectivity index (χ1n) is 7.95. The van der Waals surface area contributed by atoms with Crippen LogP contribution in [0, 0.1) is 0 Å². The third kappa shape index (κ3) is 3.62. The Balaban J connectivity index is 2.02. The minimum atomic E-state index is -0.525. The van der Waals surface area contributed by atoms with E-state index >= 15 is 0 Å². The van der Waals surface area contributed by atoms with Crippen LogP contribution in [0.5, 0.6) is 0 Å². The molecule has 0 bridgehead atoms. The number of methoxy groups -OCH3 is 1. The van der Waals surface area contributed by atoms with Crippen molar-refractivity contribution in [3.63, 3.8) is 0 Å². The number of thioether (sulfide) groups is 1. The van der Waals surface area contributed by atoms with E-state index in [9.17, 15) is 4.79 Å². The molecular formula is C16H19BrN4O3S. The molecule has 1 atom stereocenters. The zero-order chi connectivity index (χ0) is 18.0. The molecule has 1 aliphatic heterocycles. The summed E-state index contributed by atoms with van der Waals surface area (Å²) in [5, 5.41) is 8.40. The summed E-state index contributed by atoms with van der Waals surface area (Å²) in [7, 11) is 1.36. The number of fused-ring (bicyclic) bond motifs is 1. The van der Waals surface area contributed by atoms with Gasteiger partial charge in [-0.3, -0.25) is 0 Å². The summed E-state index contributed by atoms with van der Waals surface area (Å²) in [6.45, 7) is 3.97. The topological polar surface area (TPSA) is 82.2 Å². The molecular weight excluding hydrogens is 408 g/mol. The van der Waals surface area contributed by atoms with Gasteiger partial charge in [-0.2, -0.15) is 4.98 Å². The number of esters is 1. The lowest BCUT2D eigenvalue weighted by atomic mass is 10.0. The fraction of sp³-hybridized carbons (Fsp3) is 0.438. The number of rotatable bonds is 6. The Kier molecular flexibility index (Phi) is 5.53. The number of hydrogen-bond acceptors (Lipinski definition) is 7. The van der Waals surface area contributed by atoms with Crippen molar-refractivity contribution in [3.05, 3.63) is 33.8 Å². The van der Waals surface area contributed by atoms with E-state index in [0.29, 0.717) is 32.8 Å². The maximum absolute atomic E-state index is 12.4. The Morgan fingerprint density at radius 1 is 1.52 bits per heavy atom. The minimum absolute atomic E-state index is 0.427. The van der Waals surface area contributed by atoms with Gasteiger partial charge in [0.15, 0.2) is 4.67 Å². The highest BCUT2D eigenvalue weighted by Crippen LogP contribution is 2.37. The van der Waals surface area contributed by atoms with Gasteiger partial charge in [-0.1, -0.05) is 25.1 Å². The van der Waals surface area contributed by atoms with E-state index in [2.05, 4.69) is 38.3 Å². The largest absolute Gasteiger partial charge is 0.466 e. The number of furan rings is 1. The van der Waals surface area contributed by atoms with Crippen molar-refractivity contribution in [2.24, 2.45) is 0 Å². The van der Waals surface area contributed by atoms with Crippen LogP contribution in [0.25, 0.3) is 0 Å². The third-order valence-electron chi connectivity index (χ3n) is 3.83. The van der Waals surface area contributed by atoms with Crippen molar-refractivity contribution in [1.82, 2.24) is 14.8 Å². The molecule has 0 saturated heterocycles. The molecule has 7 nitrogen and oxygen atoms in total. The molecule has 0 aliphatic carbocycles. The van der Waals surface area contributed by atoms with Crippen LogP contribution in [-0.2, 0) is 9.53 Å². The number of unbranched alkanes of at least 4 members (excludes halogenated alkanes) is 1. The van der Waals surface area contributed by atoms with Crippen LogP contribution in [0.1, 0.15) is 38.5 Å². The summed E-state index contributed by atoms with van der Waals surface area (Å²) in [5.74, 6) is 1.70.